The molecule has 4 heteroatoms. The third-order valence-corrected chi connectivity index (χ3v) is 3.21. The van der Waals surface area contributed by atoms with Gasteiger partial charge >= 0.3 is 0 Å². The third kappa shape index (κ3) is 5.28. The molecule has 1 amide bonds. The summed E-state index contributed by atoms with van der Waals surface area (Å²) in [5.74, 6) is 1.34. The quantitative estimate of drug-likeness (QED) is 0.795. The molecule has 0 fully saturated rings. The van der Waals surface area contributed by atoms with Gasteiger partial charge in [-0.25, -0.2) is 4.98 Å². The predicted molar refractivity (Wildman–Crippen MR) is 79.4 cm³/mol. The number of hydrogen-bond donors (Lipinski definition) is 2. The lowest BCUT2D eigenvalue weighted by Crippen LogP contribution is -2.33. The second-order valence-corrected chi connectivity index (χ2v) is 5.08. The summed E-state index contributed by atoms with van der Waals surface area (Å²) in [5, 5.41) is 6.14. The molecule has 0 aliphatic heterocycles. The first-order chi connectivity index (χ1) is 9.06. The Bertz CT molecular complexity index is 406. The Morgan fingerprint density at radius 3 is 2.74 bits per heavy atom. The smallest absolute Gasteiger partial charge is 0.251 e. The fraction of sp³-hybridized carbons (Fsp3) is 0.600. The summed E-state index contributed by atoms with van der Waals surface area (Å²) < 4.78 is 0. The van der Waals surface area contributed by atoms with Gasteiger partial charge in [-0.1, -0.05) is 20.3 Å². The van der Waals surface area contributed by atoms with Gasteiger partial charge in [0.25, 0.3) is 5.91 Å². The van der Waals surface area contributed by atoms with Crippen molar-refractivity contribution in [1.82, 2.24) is 10.3 Å². The van der Waals surface area contributed by atoms with Gasteiger partial charge in [0.2, 0.25) is 0 Å². The van der Waals surface area contributed by atoms with Crippen LogP contribution in [0.25, 0.3) is 0 Å². The maximum absolute atomic E-state index is 12.1. The van der Waals surface area contributed by atoms with Crippen LogP contribution in [0.3, 0.4) is 0 Å². The Morgan fingerprint density at radius 1 is 1.37 bits per heavy atom. The highest BCUT2D eigenvalue weighted by molar-refractivity contribution is 5.94. The maximum atomic E-state index is 12.1. The minimum atomic E-state index is -0.0302. The Kier molecular flexibility index (Phi) is 6.33. The Labute approximate surface area is 116 Å². The van der Waals surface area contributed by atoms with E-state index in [9.17, 15) is 4.79 Å². The molecular formula is C15H25N3O. The van der Waals surface area contributed by atoms with Gasteiger partial charge in [0.15, 0.2) is 0 Å². The molecule has 0 radical (unpaired) electrons. The number of nitrogens with one attached hydrogen (secondary N) is 2. The summed E-state index contributed by atoms with van der Waals surface area (Å²) in [6.07, 6.45) is 3.81. The molecule has 1 aromatic heterocycles. The number of carbonyl (C=O) groups is 1. The zero-order chi connectivity index (χ0) is 14.3. The number of nitrogens with zero attached hydrogens (tertiary/aromatic N) is 1. The third-order valence-electron chi connectivity index (χ3n) is 3.21. The molecule has 0 saturated carbocycles. The Morgan fingerprint density at radius 2 is 2.11 bits per heavy atom. The van der Waals surface area contributed by atoms with Crippen molar-refractivity contribution in [2.24, 2.45) is 5.92 Å². The van der Waals surface area contributed by atoms with Crippen molar-refractivity contribution in [3.8, 4) is 0 Å². The van der Waals surface area contributed by atoms with Gasteiger partial charge in [-0.05, 0) is 38.3 Å². The van der Waals surface area contributed by atoms with E-state index in [2.05, 4.69) is 36.4 Å². The normalized spacial score (nSPS) is 13.7. The topological polar surface area (TPSA) is 54.0 Å². The molecule has 4 nitrogen and oxygen atoms in total. The van der Waals surface area contributed by atoms with E-state index in [0.29, 0.717) is 11.5 Å². The largest absolute Gasteiger partial charge is 0.370 e. The summed E-state index contributed by atoms with van der Waals surface area (Å²) in [6.45, 7) is 9.23. The van der Waals surface area contributed by atoms with E-state index < -0.39 is 0 Å². The maximum Gasteiger partial charge on any atom is 0.251 e. The molecule has 0 bridgehead atoms. The van der Waals surface area contributed by atoms with Crippen LogP contribution in [0.1, 0.15) is 50.9 Å². The van der Waals surface area contributed by atoms with Gasteiger partial charge in [-0.3, -0.25) is 4.79 Å². The average Bonchev–Trinajstić information content (AvgIpc) is 2.39. The van der Waals surface area contributed by atoms with Crippen molar-refractivity contribution < 1.29 is 4.79 Å². The second kappa shape index (κ2) is 7.77. The number of rotatable bonds is 7. The summed E-state index contributed by atoms with van der Waals surface area (Å²) in [5.41, 5.74) is 0.655. The van der Waals surface area contributed by atoms with E-state index in [0.717, 1.165) is 25.2 Å². The van der Waals surface area contributed by atoms with Crippen LogP contribution in [0.2, 0.25) is 0 Å². The molecule has 0 aliphatic carbocycles. The van der Waals surface area contributed by atoms with Gasteiger partial charge in [-0.2, -0.15) is 0 Å². The first-order valence-electron chi connectivity index (χ1n) is 7.07. The van der Waals surface area contributed by atoms with Crippen LogP contribution < -0.4 is 10.6 Å². The number of hydrogen-bond acceptors (Lipinski definition) is 3. The van der Waals surface area contributed by atoms with E-state index in [1.807, 2.05) is 6.92 Å². The fourth-order valence-corrected chi connectivity index (χ4v) is 1.99. The van der Waals surface area contributed by atoms with E-state index >= 15 is 0 Å². The number of aromatic nitrogens is 1. The highest BCUT2D eigenvalue weighted by Gasteiger charge is 2.12. The van der Waals surface area contributed by atoms with Crippen molar-refractivity contribution >= 4 is 11.7 Å². The zero-order valence-corrected chi connectivity index (χ0v) is 12.4. The minimum Gasteiger partial charge on any atom is -0.370 e. The van der Waals surface area contributed by atoms with E-state index in [1.165, 1.54) is 0 Å². The fourth-order valence-electron chi connectivity index (χ4n) is 1.99. The molecule has 106 valence electrons. The second-order valence-electron chi connectivity index (χ2n) is 5.08. The number of pyridine rings is 1. The van der Waals surface area contributed by atoms with Crippen molar-refractivity contribution in [3.05, 3.63) is 23.9 Å². The highest BCUT2D eigenvalue weighted by atomic mass is 16.1. The first-order valence-corrected chi connectivity index (χ1v) is 7.07. The van der Waals surface area contributed by atoms with E-state index in [1.54, 1.807) is 18.3 Å². The molecule has 0 saturated heterocycles. The van der Waals surface area contributed by atoms with Crippen molar-refractivity contribution in [1.29, 1.82) is 0 Å². The summed E-state index contributed by atoms with van der Waals surface area (Å²) in [4.78, 5) is 16.3. The number of amides is 1. The van der Waals surface area contributed by atoms with Crippen LogP contribution in [-0.4, -0.2) is 23.5 Å². The molecular weight excluding hydrogens is 238 g/mol. The molecule has 0 spiro atoms. The lowest BCUT2D eigenvalue weighted by Gasteiger charge is -2.17. The Hall–Kier alpha value is -1.58. The molecule has 19 heavy (non-hydrogen) atoms. The molecule has 0 aromatic carbocycles. The molecule has 2 N–H and O–H groups in total. The molecule has 1 heterocycles. The molecule has 1 aromatic rings. The van der Waals surface area contributed by atoms with Gasteiger partial charge in [0.05, 0.1) is 0 Å². The van der Waals surface area contributed by atoms with E-state index in [-0.39, 0.29) is 11.9 Å². The van der Waals surface area contributed by atoms with Gasteiger partial charge in [-0.15, -0.1) is 0 Å². The highest BCUT2D eigenvalue weighted by Crippen LogP contribution is 2.11. The van der Waals surface area contributed by atoms with Crippen LogP contribution in [0.5, 0.6) is 0 Å². The summed E-state index contributed by atoms with van der Waals surface area (Å²) >= 11 is 0. The first kappa shape index (κ1) is 15.5. The van der Waals surface area contributed by atoms with Crippen LogP contribution in [0, 0.1) is 5.92 Å². The number of carbonyl (C=O) groups excluding carboxylic acids is 1. The molecule has 2 unspecified atom stereocenters. The standard InChI is InChI=1S/C15H25N3O/c1-5-11(3)9-12(4)18-15(19)13-7-8-17-14(10-13)16-6-2/h7-8,10-12H,5-6,9H2,1-4H3,(H,16,17)(H,18,19). The summed E-state index contributed by atoms with van der Waals surface area (Å²) in [6, 6.07) is 3.72. The summed E-state index contributed by atoms with van der Waals surface area (Å²) in [7, 11) is 0. The zero-order valence-electron chi connectivity index (χ0n) is 12.4. The van der Waals surface area contributed by atoms with Crippen LogP contribution in [0.4, 0.5) is 5.82 Å². The lowest BCUT2D eigenvalue weighted by molar-refractivity contribution is 0.0935. The van der Waals surface area contributed by atoms with Crippen LogP contribution >= 0.6 is 0 Å². The minimum absolute atomic E-state index is 0.0302. The SMILES string of the molecule is CCNc1cc(C(=O)NC(C)CC(C)CC)ccn1. The van der Waals surface area contributed by atoms with Gasteiger partial charge in [0.1, 0.15) is 5.82 Å². The molecule has 2 atom stereocenters. The van der Waals surface area contributed by atoms with Crippen molar-refractivity contribution in [2.45, 2.75) is 46.6 Å². The predicted octanol–water partition coefficient (Wildman–Crippen LogP) is 3.07. The van der Waals surface area contributed by atoms with Gasteiger partial charge < -0.3 is 10.6 Å². The van der Waals surface area contributed by atoms with Gasteiger partial charge in [0, 0.05) is 24.3 Å². The van der Waals surface area contributed by atoms with Crippen molar-refractivity contribution in [3.63, 3.8) is 0 Å². The molecule has 1 rings (SSSR count). The van der Waals surface area contributed by atoms with Crippen LogP contribution in [0.15, 0.2) is 18.3 Å². The number of anilines is 1. The van der Waals surface area contributed by atoms with Crippen molar-refractivity contribution in [2.75, 3.05) is 11.9 Å². The monoisotopic (exact) mass is 263 g/mol. The average molecular weight is 263 g/mol. The Balaban J connectivity index is 2.59. The lowest BCUT2D eigenvalue weighted by atomic mass is 10.0. The molecule has 0 aliphatic rings. The van der Waals surface area contributed by atoms with E-state index in [4.69, 9.17) is 0 Å². The van der Waals surface area contributed by atoms with Crippen LogP contribution in [-0.2, 0) is 0 Å².